The van der Waals surface area contributed by atoms with Crippen molar-refractivity contribution in [2.45, 2.75) is 13.5 Å². The van der Waals surface area contributed by atoms with E-state index in [-0.39, 0.29) is 12.2 Å². The summed E-state index contributed by atoms with van der Waals surface area (Å²) in [5.41, 5.74) is 3.06. The van der Waals surface area contributed by atoms with Crippen LogP contribution in [0.4, 0.5) is 11.4 Å². The number of rotatable bonds is 9. The second kappa shape index (κ2) is 12.9. The zero-order chi connectivity index (χ0) is 26.2. The molecule has 3 aromatic carbocycles. The molecule has 0 aliphatic heterocycles. The average molecular weight is 636 g/mol. The highest BCUT2D eigenvalue weighted by Gasteiger charge is 2.15. The minimum atomic E-state index is -0.497. The Morgan fingerprint density at radius 3 is 2.42 bits per heavy atom. The summed E-state index contributed by atoms with van der Waals surface area (Å²) >= 11 is 14.2. The fourth-order valence-corrected chi connectivity index (χ4v) is 4.32. The lowest BCUT2D eigenvalue weighted by Crippen LogP contribution is -2.14. The molecule has 0 aliphatic carbocycles. The molecule has 0 saturated heterocycles. The van der Waals surface area contributed by atoms with Crippen molar-refractivity contribution in [2.75, 3.05) is 30.9 Å². The minimum absolute atomic E-state index is 0.0330. The van der Waals surface area contributed by atoms with Crippen LogP contribution in [0.2, 0.25) is 10.0 Å². The summed E-state index contributed by atoms with van der Waals surface area (Å²) in [6.45, 7) is 2.55. The minimum Gasteiger partial charge on any atom is -0.490 e. The largest absolute Gasteiger partial charge is 0.490 e. The van der Waals surface area contributed by atoms with E-state index in [0.717, 1.165) is 14.8 Å². The molecule has 0 atom stereocenters. The summed E-state index contributed by atoms with van der Waals surface area (Å²) in [6, 6.07) is 18.2. The van der Waals surface area contributed by atoms with E-state index in [0.29, 0.717) is 39.4 Å². The van der Waals surface area contributed by atoms with Gasteiger partial charge in [0.2, 0.25) is 0 Å². The van der Waals surface area contributed by atoms with Gasteiger partial charge < -0.3 is 19.7 Å². The summed E-state index contributed by atoms with van der Waals surface area (Å²) in [6.07, 6.45) is 1.52. The van der Waals surface area contributed by atoms with Crippen molar-refractivity contribution in [2.24, 2.45) is 0 Å². The maximum absolute atomic E-state index is 12.7. The highest BCUT2D eigenvalue weighted by molar-refractivity contribution is 14.1. The van der Waals surface area contributed by atoms with E-state index in [9.17, 15) is 10.1 Å². The molecule has 1 N–H and O–H groups in total. The molecule has 0 aliphatic rings. The molecule has 0 radical (unpaired) electrons. The Hall–Kier alpha value is -2.93. The lowest BCUT2D eigenvalue weighted by molar-refractivity contribution is -0.112. The number of nitrogens with one attached hydrogen (secondary N) is 1. The SMILES string of the molecule is CCOc1cc(/C=C(/C#N)C(=O)Nc2ccc(N(C)C)cc2)cc(I)c1OCc1ccc(Cl)c(Cl)c1. The van der Waals surface area contributed by atoms with Gasteiger partial charge in [0.25, 0.3) is 5.91 Å². The molecule has 0 spiro atoms. The Bertz CT molecular complexity index is 1320. The van der Waals surface area contributed by atoms with Gasteiger partial charge in [0.15, 0.2) is 11.5 Å². The molecule has 3 aromatic rings. The van der Waals surface area contributed by atoms with Gasteiger partial charge in [-0.1, -0.05) is 29.3 Å². The van der Waals surface area contributed by atoms with E-state index in [2.05, 4.69) is 27.9 Å². The zero-order valence-electron chi connectivity index (χ0n) is 19.9. The van der Waals surface area contributed by atoms with Crippen molar-refractivity contribution >= 4 is 69.2 Å². The monoisotopic (exact) mass is 635 g/mol. The van der Waals surface area contributed by atoms with Crippen LogP contribution in [-0.2, 0) is 11.4 Å². The smallest absolute Gasteiger partial charge is 0.266 e. The van der Waals surface area contributed by atoms with Crippen molar-refractivity contribution in [3.05, 3.63) is 84.9 Å². The summed E-state index contributed by atoms with van der Waals surface area (Å²) in [5, 5.41) is 13.3. The number of benzene rings is 3. The predicted octanol–water partition coefficient (Wildman–Crippen LogP) is 7.19. The molecular formula is C27H24Cl2IN3O3. The maximum Gasteiger partial charge on any atom is 0.266 e. The summed E-state index contributed by atoms with van der Waals surface area (Å²) in [5.74, 6) is 0.570. The van der Waals surface area contributed by atoms with Crippen LogP contribution in [0.3, 0.4) is 0 Å². The van der Waals surface area contributed by atoms with Gasteiger partial charge in [-0.15, -0.1) is 0 Å². The first-order valence-corrected chi connectivity index (χ1v) is 12.8. The van der Waals surface area contributed by atoms with Crippen LogP contribution in [0.5, 0.6) is 11.5 Å². The molecule has 6 nitrogen and oxygen atoms in total. The third-order valence-electron chi connectivity index (χ3n) is 5.02. The van der Waals surface area contributed by atoms with Crippen LogP contribution in [0.25, 0.3) is 6.08 Å². The lowest BCUT2D eigenvalue weighted by atomic mass is 10.1. The van der Waals surface area contributed by atoms with Crippen molar-refractivity contribution in [3.63, 3.8) is 0 Å². The zero-order valence-corrected chi connectivity index (χ0v) is 23.6. The number of nitrogens with zero attached hydrogens (tertiary/aromatic N) is 2. The molecular weight excluding hydrogens is 612 g/mol. The second-order valence-corrected chi connectivity index (χ2v) is 9.84. The number of carbonyl (C=O) groups is 1. The highest BCUT2D eigenvalue weighted by Crippen LogP contribution is 2.36. The normalized spacial score (nSPS) is 11.0. The average Bonchev–Trinajstić information content (AvgIpc) is 2.84. The van der Waals surface area contributed by atoms with Crippen LogP contribution in [0.1, 0.15) is 18.1 Å². The topological polar surface area (TPSA) is 74.6 Å². The molecule has 9 heteroatoms. The fourth-order valence-electron chi connectivity index (χ4n) is 3.22. The molecule has 0 fully saturated rings. The van der Waals surface area contributed by atoms with E-state index in [1.54, 1.807) is 30.3 Å². The van der Waals surface area contributed by atoms with Crippen molar-refractivity contribution in [1.82, 2.24) is 0 Å². The number of nitriles is 1. The number of amides is 1. The van der Waals surface area contributed by atoms with Crippen LogP contribution in [0.15, 0.2) is 60.2 Å². The fraction of sp³-hybridized carbons (Fsp3) is 0.185. The standard InChI is InChI=1S/C27H24Cl2IN3O3/c1-4-35-25-14-18(13-24(30)26(25)36-16-17-5-10-22(28)23(29)12-17)11-19(15-31)27(34)32-20-6-8-21(9-7-20)33(2)3/h5-14H,4,16H2,1-3H3,(H,32,34)/b19-11-. The third-order valence-corrected chi connectivity index (χ3v) is 6.56. The van der Waals surface area contributed by atoms with Crippen LogP contribution < -0.4 is 19.7 Å². The van der Waals surface area contributed by atoms with Crippen molar-refractivity contribution in [3.8, 4) is 17.6 Å². The molecule has 3 rings (SSSR count). The first-order valence-electron chi connectivity index (χ1n) is 11.0. The highest BCUT2D eigenvalue weighted by atomic mass is 127. The second-order valence-electron chi connectivity index (χ2n) is 7.87. The van der Waals surface area contributed by atoms with E-state index in [4.69, 9.17) is 32.7 Å². The van der Waals surface area contributed by atoms with Gasteiger partial charge in [0, 0.05) is 25.5 Å². The van der Waals surface area contributed by atoms with E-state index in [1.807, 2.05) is 56.3 Å². The first-order chi connectivity index (χ1) is 17.2. The summed E-state index contributed by atoms with van der Waals surface area (Å²) in [7, 11) is 3.87. The number of hydrogen-bond acceptors (Lipinski definition) is 5. The number of hydrogen-bond donors (Lipinski definition) is 1. The molecule has 36 heavy (non-hydrogen) atoms. The Kier molecular flexibility index (Phi) is 9.88. The van der Waals surface area contributed by atoms with Crippen molar-refractivity contribution < 1.29 is 14.3 Å². The Morgan fingerprint density at radius 1 is 1.08 bits per heavy atom. The number of carbonyl (C=O) groups excluding carboxylic acids is 1. The summed E-state index contributed by atoms with van der Waals surface area (Å²) < 4.78 is 12.6. The molecule has 0 aromatic heterocycles. The number of anilines is 2. The number of halogens is 3. The molecule has 0 saturated carbocycles. The maximum atomic E-state index is 12.7. The van der Waals surface area contributed by atoms with Crippen LogP contribution in [0, 0.1) is 14.9 Å². The molecule has 186 valence electrons. The summed E-state index contributed by atoms with van der Waals surface area (Å²) in [4.78, 5) is 14.7. The van der Waals surface area contributed by atoms with Gasteiger partial charge in [-0.2, -0.15) is 5.26 Å². The first kappa shape index (κ1) is 27.7. The number of ether oxygens (including phenoxy) is 2. The molecule has 0 bridgehead atoms. The van der Waals surface area contributed by atoms with Gasteiger partial charge in [-0.05, 0) is 95.2 Å². The van der Waals surface area contributed by atoms with Gasteiger partial charge >= 0.3 is 0 Å². The van der Waals surface area contributed by atoms with Gasteiger partial charge in [-0.3, -0.25) is 4.79 Å². The quantitative estimate of drug-likeness (QED) is 0.153. The molecule has 0 heterocycles. The Balaban J connectivity index is 1.82. The van der Waals surface area contributed by atoms with Crippen LogP contribution >= 0.6 is 45.8 Å². The van der Waals surface area contributed by atoms with Crippen molar-refractivity contribution in [1.29, 1.82) is 5.26 Å². The molecule has 1 amide bonds. The van der Waals surface area contributed by atoms with Gasteiger partial charge in [0.1, 0.15) is 18.2 Å². The lowest BCUT2D eigenvalue weighted by Gasteiger charge is -2.15. The van der Waals surface area contributed by atoms with Gasteiger partial charge in [0.05, 0.1) is 20.2 Å². The molecule has 0 unspecified atom stereocenters. The van der Waals surface area contributed by atoms with E-state index < -0.39 is 5.91 Å². The third kappa shape index (κ3) is 7.29. The Labute approximate surface area is 234 Å². The predicted molar refractivity (Wildman–Crippen MR) is 154 cm³/mol. The van der Waals surface area contributed by atoms with E-state index in [1.165, 1.54) is 6.08 Å². The van der Waals surface area contributed by atoms with Crippen LogP contribution in [-0.4, -0.2) is 26.6 Å². The van der Waals surface area contributed by atoms with E-state index >= 15 is 0 Å². The van der Waals surface area contributed by atoms with Gasteiger partial charge in [-0.25, -0.2) is 0 Å². The Morgan fingerprint density at radius 2 is 1.81 bits per heavy atom.